The number of benzene rings is 2. The molecule has 3 aromatic rings. The molecule has 0 spiro atoms. The van der Waals surface area contributed by atoms with Gasteiger partial charge in [0.2, 0.25) is 11.7 Å². The summed E-state index contributed by atoms with van der Waals surface area (Å²) < 4.78 is 5.41. The second-order valence-corrected chi connectivity index (χ2v) is 7.22. The summed E-state index contributed by atoms with van der Waals surface area (Å²) in [4.78, 5) is 16.6. The molecule has 0 unspecified atom stereocenters. The Balaban J connectivity index is 1.39. The summed E-state index contributed by atoms with van der Waals surface area (Å²) in [5.74, 6) is 1.38. The van der Waals surface area contributed by atoms with Crippen molar-refractivity contribution in [1.29, 1.82) is 0 Å². The highest BCUT2D eigenvalue weighted by Gasteiger charge is 2.22. The van der Waals surface area contributed by atoms with Crippen molar-refractivity contribution in [2.45, 2.75) is 38.8 Å². The van der Waals surface area contributed by atoms with Gasteiger partial charge in [0.25, 0.3) is 5.89 Å². The Labute approximate surface area is 164 Å². The van der Waals surface area contributed by atoms with Crippen molar-refractivity contribution in [1.82, 2.24) is 15.5 Å². The molecular weight excluding hydrogens is 352 g/mol. The number of nitrogens with one attached hydrogen (secondary N) is 1. The number of nitrogens with zero attached hydrogens (tertiary/aromatic N) is 2. The lowest BCUT2D eigenvalue weighted by molar-refractivity contribution is -0.124. The van der Waals surface area contributed by atoms with Gasteiger partial charge in [-0.15, -0.1) is 0 Å². The number of hydrogen-bond donors (Lipinski definition) is 2. The molecule has 144 valence electrons. The molecule has 1 amide bonds. The third-order valence-corrected chi connectivity index (χ3v) is 5.27. The van der Waals surface area contributed by atoms with Crippen LogP contribution in [0.2, 0.25) is 0 Å². The fourth-order valence-electron chi connectivity index (χ4n) is 3.53. The zero-order valence-electron chi connectivity index (χ0n) is 15.7. The lowest BCUT2D eigenvalue weighted by Crippen LogP contribution is -2.28. The molecule has 28 heavy (non-hydrogen) atoms. The highest BCUT2D eigenvalue weighted by atomic mass is 16.5. The van der Waals surface area contributed by atoms with Crippen molar-refractivity contribution in [3.05, 3.63) is 59.7 Å². The Hall–Kier alpha value is -2.99. The van der Waals surface area contributed by atoms with E-state index in [4.69, 9.17) is 10.3 Å². The maximum absolute atomic E-state index is 12.1. The number of carbonyl (C=O) groups excluding carboxylic acids is 1. The second kappa shape index (κ2) is 8.35. The van der Waals surface area contributed by atoms with Crippen LogP contribution < -0.4 is 11.1 Å². The zero-order valence-corrected chi connectivity index (χ0v) is 15.7. The van der Waals surface area contributed by atoms with Crippen LogP contribution in [0.1, 0.15) is 36.8 Å². The first-order valence-corrected chi connectivity index (χ1v) is 9.73. The molecular formula is C22H24N4O2. The molecule has 1 saturated carbocycles. The maximum atomic E-state index is 12.1. The van der Waals surface area contributed by atoms with Gasteiger partial charge in [0.1, 0.15) is 0 Å². The summed E-state index contributed by atoms with van der Waals surface area (Å²) in [5.41, 5.74) is 9.47. The van der Waals surface area contributed by atoms with Crippen LogP contribution in [-0.2, 0) is 17.9 Å². The summed E-state index contributed by atoms with van der Waals surface area (Å²) in [5, 5.41) is 7.11. The maximum Gasteiger partial charge on any atom is 0.258 e. The van der Waals surface area contributed by atoms with Crippen LogP contribution in [0.25, 0.3) is 22.8 Å². The minimum absolute atomic E-state index is 0.170. The number of hydrogen-bond acceptors (Lipinski definition) is 5. The molecule has 0 bridgehead atoms. The van der Waals surface area contributed by atoms with E-state index >= 15 is 0 Å². The Morgan fingerprint density at radius 2 is 1.64 bits per heavy atom. The molecule has 1 aliphatic rings. The van der Waals surface area contributed by atoms with E-state index in [1.54, 1.807) is 0 Å². The largest absolute Gasteiger partial charge is 0.352 e. The van der Waals surface area contributed by atoms with Crippen molar-refractivity contribution in [3.63, 3.8) is 0 Å². The van der Waals surface area contributed by atoms with E-state index in [1.165, 1.54) is 0 Å². The molecule has 6 nitrogen and oxygen atoms in total. The van der Waals surface area contributed by atoms with Gasteiger partial charge in [-0.25, -0.2) is 0 Å². The molecule has 3 N–H and O–H groups in total. The van der Waals surface area contributed by atoms with E-state index in [-0.39, 0.29) is 11.8 Å². The molecule has 6 heteroatoms. The minimum Gasteiger partial charge on any atom is -0.352 e. The van der Waals surface area contributed by atoms with Crippen LogP contribution >= 0.6 is 0 Å². The minimum atomic E-state index is 0.170. The normalized spacial score (nSPS) is 14.3. The van der Waals surface area contributed by atoms with Gasteiger partial charge in [-0.1, -0.05) is 54.4 Å². The van der Waals surface area contributed by atoms with Crippen LogP contribution in [0.5, 0.6) is 0 Å². The molecule has 1 aromatic heterocycles. The van der Waals surface area contributed by atoms with Crippen LogP contribution in [-0.4, -0.2) is 16.0 Å². The first-order valence-electron chi connectivity index (χ1n) is 9.73. The van der Waals surface area contributed by atoms with E-state index in [2.05, 4.69) is 15.5 Å². The molecule has 0 aliphatic heterocycles. The zero-order chi connectivity index (χ0) is 19.3. The SMILES string of the molecule is NCc1ccc(-c2noc(-c3ccc(CNC(=O)C4CCCC4)cc3)n2)cc1. The topological polar surface area (TPSA) is 94.0 Å². The standard InChI is InChI=1S/C22H24N4O2/c23-13-15-5-9-17(10-6-15)20-25-22(28-26-20)19-11-7-16(8-12-19)14-24-21(27)18-3-1-2-4-18/h5-12,18H,1-4,13-14,23H2,(H,24,27). The third kappa shape index (κ3) is 4.12. The number of rotatable bonds is 6. The second-order valence-electron chi connectivity index (χ2n) is 7.22. The summed E-state index contributed by atoms with van der Waals surface area (Å²) in [6.45, 7) is 1.05. The van der Waals surface area contributed by atoms with Crippen molar-refractivity contribution < 1.29 is 9.32 Å². The Morgan fingerprint density at radius 3 is 2.32 bits per heavy atom. The van der Waals surface area contributed by atoms with Gasteiger partial charge in [-0.05, 0) is 36.1 Å². The van der Waals surface area contributed by atoms with Gasteiger partial charge >= 0.3 is 0 Å². The lowest BCUT2D eigenvalue weighted by atomic mass is 10.1. The first-order chi connectivity index (χ1) is 13.7. The summed E-state index contributed by atoms with van der Waals surface area (Å²) in [7, 11) is 0. The van der Waals surface area contributed by atoms with Crippen molar-refractivity contribution >= 4 is 5.91 Å². The number of carbonyl (C=O) groups is 1. The van der Waals surface area contributed by atoms with E-state index < -0.39 is 0 Å². The van der Waals surface area contributed by atoms with Gasteiger partial charge in [-0.3, -0.25) is 4.79 Å². The molecule has 2 aromatic carbocycles. The Bertz CT molecular complexity index is 926. The quantitative estimate of drug-likeness (QED) is 0.684. The van der Waals surface area contributed by atoms with E-state index in [1.807, 2.05) is 48.5 Å². The summed E-state index contributed by atoms with van der Waals surface area (Å²) in [6.07, 6.45) is 4.35. The molecule has 1 aliphatic carbocycles. The van der Waals surface area contributed by atoms with Crippen molar-refractivity contribution in [3.8, 4) is 22.8 Å². The fourth-order valence-corrected chi connectivity index (χ4v) is 3.53. The van der Waals surface area contributed by atoms with Gasteiger partial charge in [0.15, 0.2) is 0 Å². The highest BCUT2D eigenvalue weighted by molar-refractivity contribution is 5.78. The Kier molecular flexibility index (Phi) is 5.48. The number of amides is 1. The van der Waals surface area contributed by atoms with Crippen LogP contribution in [0.4, 0.5) is 0 Å². The van der Waals surface area contributed by atoms with E-state index in [9.17, 15) is 4.79 Å². The first kappa shape index (κ1) is 18.4. The third-order valence-electron chi connectivity index (χ3n) is 5.27. The van der Waals surface area contributed by atoms with Crippen LogP contribution in [0, 0.1) is 5.92 Å². The molecule has 0 radical (unpaired) electrons. The highest BCUT2D eigenvalue weighted by Crippen LogP contribution is 2.25. The van der Waals surface area contributed by atoms with Crippen LogP contribution in [0.3, 0.4) is 0 Å². The lowest BCUT2D eigenvalue weighted by Gasteiger charge is -2.10. The van der Waals surface area contributed by atoms with Gasteiger partial charge in [-0.2, -0.15) is 4.98 Å². The van der Waals surface area contributed by atoms with Crippen molar-refractivity contribution in [2.24, 2.45) is 11.7 Å². The molecule has 0 saturated heterocycles. The van der Waals surface area contributed by atoms with Crippen molar-refractivity contribution in [2.75, 3.05) is 0 Å². The van der Waals surface area contributed by atoms with E-state index in [0.29, 0.717) is 24.8 Å². The predicted molar refractivity (Wildman–Crippen MR) is 107 cm³/mol. The predicted octanol–water partition coefficient (Wildman–Crippen LogP) is 3.67. The van der Waals surface area contributed by atoms with Gasteiger partial charge in [0.05, 0.1) is 0 Å². The fraction of sp³-hybridized carbons (Fsp3) is 0.318. The monoisotopic (exact) mass is 376 g/mol. The molecule has 1 fully saturated rings. The van der Waals surface area contributed by atoms with Gasteiger partial charge < -0.3 is 15.6 Å². The number of nitrogens with two attached hydrogens (primary N) is 1. The average Bonchev–Trinajstić information content (AvgIpc) is 3.45. The smallest absolute Gasteiger partial charge is 0.258 e. The van der Waals surface area contributed by atoms with Gasteiger partial charge in [0, 0.05) is 30.1 Å². The summed E-state index contributed by atoms with van der Waals surface area (Å²) in [6, 6.07) is 15.6. The Morgan fingerprint density at radius 1 is 1.00 bits per heavy atom. The molecule has 0 atom stereocenters. The summed E-state index contributed by atoms with van der Waals surface area (Å²) >= 11 is 0. The molecule has 4 rings (SSSR count). The van der Waals surface area contributed by atoms with E-state index in [0.717, 1.165) is 47.9 Å². The van der Waals surface area contributed by atoms with Crippen LogP contribution in [0.15, 0.2) is 53.1 Å². The average molecular weight is 376 g/mol. The number of aromatic nitrogens is 2. The molecule has 1 heterocycles.